The molecule has 3 aromatic rings. The van der Waals surface area contributed by atoms with Gasteiger partial charge in [-0.05, 0) is 30.3 Å². The van der Waals surface area contributed by atoms with Gasteiger partial charge in [0.05, 0.1) is 23.7 Å². The second-order valence-electron chi connectivity index (χ2n) is 6.87. The summed E-state index contributed by atoms with van der Waals surface area (Å²) in [5, 5.41) is 16.0. The Balaban J connectivity index is 1.40. The van der Waals surface area contributed by atoms with E-state index in [-0.39, 0.29) is 18.1 Å². The number of rotatable bonds is 5. The predicted octanol–water partition coefficient (Wildman–Crippen LogP) is 2.30. The number of carbonyl (C=O) groups is 1. The Hall–Kier alpha value is -3.62. The van der Waals surface area contributed by atoms with Crippen molar-refractivity contribution in [3.8, 4) is 5.75 Å². The number of nitro groups is 1. The van der Waals surface area contributed by atoms with E-state index in [0.29, 0.717) is 18.6 Å². The van der Waals surface area contributed by atoms with E-state index in [1.807, 2.05) is 29.2 Å². The molecule has 0 radical (unpaired) electrons. The number of piperazine rings is 1. The maximum absolute atomic E-state index is 12.8. The van der Waals surface area contributed by atoms with Gasteiger partial charge in [0.25, 0.3) is 5.69 Å². The molecule has 0 saturated carbocycles. The first-order valence-corrected chi connectivity index (χ1v) is 9.32. The van der Waals surface area contributed by atoms with E-state index < -0.39 is 4.92 Å². The van der Waals surface area contributed by atoms with E-state index >= 15 is 0 Å². The number of anilines is 1. The van der Waals surface area contributed by atoms with Crippen LogP contribution in [0.2, 0.25) is 0 Å². The molecule has 9 nitrogen and oxygen atoms in total. The van der Waals surface area contributed by atoms with Gasteiger partial charge in [-0.3, -0.25) is 19.6 Å². The molecule has 0 aliphatic carbocycles. The number of hydrogen-bond acceptors (Lipinski definition) is 6. The molecule has 4 rings (SSSR count). The summed E-state index contributed by atoms with van der Waals surface area (Å²) in [5.74, 6) is 0.769. The number of non-ortho nitro benzene ring substituents is 1. The smallest absolute Gasteiger partial charge is 0.271 e. The Morgan fingerprint density at radius 1 is 1.14 bits per heavy atom. The van der Waals surface area contributed by atoms with E-state index in [4.69, 9.17) is 4.74 Å². The molecule has 150 valence electrons. The van der Waals surface area contributed by atoms with Crippen LogP contribution in [-0.4, -0.2) is 58.8 Å². The number of methoxy groups -OCH3 is 1. The van der Waals surface area contributed by atoms with Gasteiger partial charge in [0.1, 0.15) is 12.3 Å². The highest BCUT2D eigenvalue weighted by atomic mass is 16.6. The summed E-state index contributed by atoms with van der Waals surface area (Å²) < 4.78 is 6.72. The number of ether oxygens (including phenoxy) is 1. The minimum atomic E-state index is -0.447. The molecule has 0 spiro atoms. The van der Waals surface area contributed by atoms with Crippen molar-refractivity contribution in [1.82, 2.24) is 14.7 Å². The molecule has 2 aromatic carbocycles. The number of nitro benzene ring substituents is 1. The van der Waals surface area contributed by atoms with E-state index in [1.165, 1.54) is 16.8 Å². The molecule has 9 heteroatoms. The van der Waals surface area contributed by atoms with E-state index in [1.54, 1.807) is 19.4 Å². The lowest BCUT2D eigenvalue weighted by atomic mass is 10.2. The Morgan fingerprint density at radius 3 is 2.52 bits per heavy atom. The average Bonchev–Trinajstić information content (AvgIpc) is 3.16. The molecule has 1 saturated heterocycles. The quantitative estimate of drug-likeness (QED) is 0.486. The molecule has 1 aliphatic heterocycles. The zero-order valence-corrected chi connectivity index (χ0v) is 16.0. The van der Waals surface area contributed by atoms with Gasteiger partial charge < -0.3 is 14.5 Å². The van der Waals surface area contributed by atoms with Gasteiger partial charge in [0.15, 0.2) is 0 Å². The van der Waals surface area contributed by atoms with Crippen LogP contribution in [0.5, 0.6) is 5.75 Å². The third kappa shape index (κ3) is 3.84. The highest BCUT2D eigenvalue weighted by Crippen LogP contribution is 2.22. The molecular weight excluding hydrogens is 374 g/mol. The highest BCUT2D eigenvalue weighted by molar-refractivity contribution is 5.83. The van der Waals surface area contributed by atoms with Crippen molar-refractivity contribution < 1.29 is 14.5 Å². The maximum Gasteiger partial charge on any atom is 0.271 e. The van der Waals surface area contributed by atoms with Crippen molar-refractivity contribution in [3.63, 3.8) is 0 Å². The van der Waals surface area contributed by atoms with Crippen LogP contribution in [0, 0.1) is 10.1 Å². The summed E-state index contributed by atoms with van der Waals surface area (Å²) in [6.45, 7) is 2.77. The number of carbonyl (C=O) groups excluding carboxylic acids is 1. The van der Waals surface area contributed by atoms with Crippen molar-refractivity contribution >= 4 is 28.2 Å². The first-order valence-electron chi connectivity index (χ1n) is 9.32. The van der Waals surface area contributed by atoms with Crippen LogP contribution in [0.25, 0.3) is 10.9 Å². The Labute approximate surface area is 167 Å². The van der Waals surface area contributed by atoms with Crippen LogP contribution >= 0.6 is 0 Å². The number of aromatic nitrogens is 2. The molecule has 0 N–H and O–H groups in total. The molecule has 0 unspecified atom stereocenters. The van der Waals surface area contributed by atoms with Crippen LogP contribution in [0.15, 0.2) is 48.7 Å². The lowest BCUT2D eigenvalue weighted by molar-refractivity contribution is -0.384. The van der Waals surface area contributed by atoms with Crippen molar-refractivity contribution in [2.45, 2.75) is 6.54 Å². The third-order valence-electron chi connectivity index (χ3n) is 5.19. The molecule has 1 amide bonds. The maximum atomic E-state index is 12.8. The van der Waals surface area contributed by atoms with Crippen molar-refractivity contribution in [3.05, 3.63) is 58.8 Å². The summed E-state index contributed by atoms with van der Waals surface area (Å²) in [6.07, 6.45) is 1.62. The van der Waals surface area contributed by atoms with Crippen molar-refractivity contribution in [2.24, 2.45) is 0 Å². The zero-order chi connectivity index (χ0) is 20.4. The standard InChI is InChI=1S/C20H21N5O4/c1-29-18-6-4-16(5-7-18)22-8-10-23(11-9-22)20(26)14-24-19-12-17(25(27)28)3-2-15(19)13-21-24/h2-7,12-13H,8-11,14H2,1H3. The zero-order valence-electron chi connectivity index (χ0n) is 16.0. The lowest BCUT2D eigenvalue weighted by Gasteiger charge is -2.36. The summed E-state index contributed by atoms with van der Waals surface area (Å²) in [6, 6.07) is 12.4. The molecule has 1 aromatic heterocycles. The summed E-state index contributed by atoms with van der Waals surface area (Å²) in [7, 11) is 1.64. The minimum Gasteiger partial charge on any atom is -0.497 e. The van der Waals surface area contributed by atoms with Crippen LogP contribution in [0.3, 0.4) is 0 Å². The fourth-order valence-electron chi connectivity index (χ4n) is 3.53. The average molecular weight is 395 g/mol. The van der Waals surface area contributed by atoms with Crippen LogP contribution in [-0.2, 0) is 11.3 Å². The fourth-order valence-corrected chi connectivity index (χ4v) is 3.53. The minimum absolute atomic E-state index is 0.0141. The highest BCUT2D eigenvalue weighted by Gasteiger charge is 2.22. The largest absolute Gasteiger partial charge is 0.497 e. The van der Waals surface area contributed by atoms with Crippen LogP contribution < -0.4 is 9.64 Å². The Bertz CT molecular complexity index is 1040. The molecule has 29 heavy (non-hydrogen) atoms. The Morgan fingerprint density at radius 2 is 1.86 bits per heavy atom. The topological polar surface area (TPSA) is 93.7 Å². The molecular formula is C20H21N5O4. The first-order chi connectivity index (χ1) is 14.0. The van der Waals surface area contributed by atoms with Crippen molar-refractivity contribution in [1.29, 1.82) is 0 Å². The summed E-state index contributed by atoms with van der Waals surface area (Å²) in [4.78, 5) is 27.4. The van der Waals surface area contributed by atoms with Crippen LogP contribution in [0.1, 0.15) is 0 Å². The second kappa shape index (κ2) is 7.78. The predicted molar refractivity (Wildman–Crippen MR) is 108 cm³/mol. The third-order valence-corrected chi connectivity index (χ3v) is 5.19. The Kier molecular flexibility index (Phi) is 5.03. The van der Waals surface area contributed by atoms with Gasteiger partial charge in [0.2, 0.25) is 5.91 Å². The van der Waals surface area contributed by atoms with E-state index in [2.05, 4.69) is 10.00 Å². The molecule has 0 atom stereocenters. The van der Waals surface area contributed by atoms with Gasteiger partial charge in [-0.15, -0.1) is 0 Å². The van der Waals surface area contributed by atoms with Gasteiger partial charge in [0, 0.05) is 49.4 Å². The van der Waals surface area contributed by atoms with E-state index in [9.17, 15) is 14.9 Å². The van der Waals surface area contributed by atoms with Gasteiger partial charge in [-0.2, -0.15) is 5.10 Å². The number of hydrogen-bond donors (Lipinski definition) is 0. The van der Waals surface area contributed by atoms with Gasteiger partial charge in [-0.25, -0.2) is 0 Å². The molecule has 1 fully saturated rings. The van der Waals surface area contributed by atoms with Crippen molar-refractivity contribution in [2.75, 3.05) is 38.2 Å². The SMILES string of the molecule is COc1ccc(N2CCN(C(=O)Cn3ncc4ccc([N+](=O)[O-])cc43)CC2)cc1. The molecule has 0 bridgehead atoms. The number of benzene rings is 2. The molecule has 1 aliphatic rings. The monoisotopic (exact) mass is 395 g/mol. The van der Waals surface area contributed by atoms with Gasteiger partial charge >= 0.3 is 0 Å². The first kappa shape index (κ1) is 18.7. The number of fused-ring (bicyclic) bond motifs is 1. The number of nitrogens with zero attached hydrogens (tertiary/aromatic N) is 5. The fraction of sp³-hybridized carbons (Fsp3) is 0.300. The van der Waals surface area contributed by atoms with Crippen LogP contribution in [0.4, 0.5) is 11.4 Å². The lowest BCUT2D eigenvalue weighted by Crippen LogP contribution is -2.49. The molecule has 2 heterocycles. The summed E-state index contributed by atoms with van der Waals surface area (Å²) in [5.41, 5.74) is 1.67. The van der Waals surface area contributed by atoms with Gasteiger partial charge in [-0.1, -0.05) is 0 Å². The summed E-state index contributed by atoms with van der Waals surface area (Å²) >= 11 is 0. The second-order valence-corrected chi connectivity index (χ2v) is 6.87. The van der Waals surface area contributed by atoms with E-state index in [0.717, 1.165) is 29.9 Å². The normalized spacial score (nSPS) is 14.2. The number of amides is 1.